The summed E-state index contributed by atoms with van der Waals surface area (Å²) in [6.07, 6.45) is 1.71. The molecule has 2 amide bonds. The normalized spacial score (nSPS) is 11.9. The van der Waals surface area contributed by atoms with E-state index in [4.69, 9.17) is 0 Å². The van der Waals surface area contributed by atoms with Crippen molar-refractivity contribution in [1.29, 1.82) is 0 Å². The Kier molecular flexibility index (Phi) is 7.28. The summed E-state index contributed by atoms with van der Waals surface area (Å²) in [6, 6.07) is 13.6. The molecule has 0 saturated heterocycles. The molecule has 1 aromatic heterocycles. The van der Waals surface area contributed by atoms with Gasteiger partial charge in [-0.3, -0.25) is 9.59 Å². The zero-order valence-corrected chi connectivity index (χ0v) is 20.2. The number of rotatable bonds is 7. The molecule has 35 heavy (non-hydrogen) atoms. The van der Waals surface area contributed by atoms with Gasteiger partial charge in [-0.2, -0.15) is 0 Å². The summed E-state index contributed by atoms with van der Waals surface area (Å²) in [6.45, 7) is -0.367. The molecular formula is C26H22BrF2N3O3. The van der Waals surface area contributed by atoms with Gasteiger partial charge in [0, 0.05) is 34.7 Å². The molecule has 1 unspecified atom stereocenters. The van der Waals surface area contributed by atoms with E-state index < -0.39 is 23.6 Å². The van der Waals surface area contributed by atoms with Gasteiger partial charge < -0.3 is 20.7 Å². The van der Waals surface area contributed by atoms with Gasteiger partial charge in [0.15, 0.2) is 0 Å². The number of hydrogen-bond acceptors (Lipinski definition) is 3. The summed E-state index contributed by atoms with van der Waals surface area (Å²) in [7, 11) is 1.56. The Morgan fingerprint density at radius 1 is 1.03 bits per heavy atom. The first kappa shape index (κ1) is 24.6. The summed E-state index contributed by atoms with van der Waals surface area (Å²) >= 11 is 3.40. The smallest absolute Gasteiger partial charge is 0.252 e. The van der Waals surface area contributed by atoms with E-state index in [1.165, 1.54) is 6.07 Å². The van der Waals surface area contributed by atoms with Gasteiger partial charge in [-0.05, 0) is 69.4 Å². The van der Waals surface area contributed by atoms with Gasteiger partial charge in [-0.15, -0.1) is 0 Å². The Balaban J connectivity index is 1.54. The lowest BCUT2D eigenvalue weighted by atomic mass is 10.0. The van der Waals surface area contributed by atoms with Crippen LogP contribution in [0.1, 0.15) is 26.3 Å². The van der Waals surface area contributed by atoms with E-state index in [0.29, 0.717) is 26.5 Å². The summed E-state index contributed by atoms with van der Waals surface area (Å²) in [4.78, 5) is 27.6. The van der Waals surface area contributed by atoms with E-state index >= 15 is 0 Å². The van der Waals surface area contributed by atoms with Crippen molar-refractivity contribution in [3.63, 3.8) is 0 Å². The number of carbonyl (C=O) groups is 2. The maximum Gasteiger partial charge on any atom is 0.252 e. The second-order valence-corrected chi connectivity index (χ2v) is 8.89. The second kappa shape index (κ2) is 10.4. The molecule has 3 aromatic carbocycles. The molecule has 4 aromatic rings. The Morgan fingerprint density at radius 3 is 2.43 bits per heavy atom. The van der Waals surface area contributed by atoms with Crippen molar-refractivity contribution in [3.8, 4) is 11.1 Å². The van der Waals surface area contributed by atoms with Crippen molar-refractivity contribution < 1.29 is 23.5 Å². The third kappa shape index (κ3) is 5.26. The lowest BCUT2D eigenvalue weighted by Gasteiger charge is -2.17. The topological polar surface area (TPSA) is 94.2 Å². The lowest BCUT2D eigenvalue weighted by molar-refractivity contribution is 0.0914. The van der Waals surface area contributed by atoms with Crippen LogP contribution in [0.5, 0.6) is 0 Å². The van der Waals surface area contributed by atoms with E-state index in [1.54, 1.807) is 49.6 Å². The Morgan fingerprint density at radius 2 is 1.74 bits per heavy atom. The number of aliphatic hydroxyl groups excluding tert-OH is 1. The van der Waals surface area contributed by atoms with E-state index in [-0.39, 0.29) is 24.5 Å². The highest BCUT2D eigenvalue weighted by molar-refractivity contribution is 9.10. The molecule has 0 saturated carbocycles. The average molecular weight is 542 g/mol. The lowest BCUT2D eigenvalue weighted by Crippen LogP contribution is -2.39. The zero-order valence-electron chi connectivity index (χ0n) is 18.7. The highest BCUT2D eigenvalue weighted by atomic mass is 79.9. The van der Waals surface area contributed by atoms with Gasteiger partial charge in [-0.1, -0.05) is 18.2 Å². The van der Waals surface area contributed by atoms with Crippen LogP contribution in [0.15, 0.2) is 65.3 Å². The number of aliphatic hydroxyl groups is 1. The maximum atomic E-state index is 14.0. The number of aromatic amines is 1. The first-order valence-corrected chi connectivity index (χ1v) is 11.6. The predicted molar refractivity (Wildman–Crippen MR) is 133 cm³/mol. The Bertz CT molecular complexity index is 1400. The van der Waals surface area contributed by atoms with Gasteiger partial charge >= 0.3 is 0 Å². The molecule has 0 aliphatic carbocycles. The van der Waals surface area contributed by atoms with Crippen LogP contribution in [0.2, 0.25) is 0 Å². The quantitative estimate of drug-likeness (QED) is 0.276. The number of fused-ring (bicyclic) bond motifs is 1. The SMILES string of the molecule is CNC(=O)c1ccc(-c2ccc(Br)c(C(=O)NC(CO)Cc3c[nH]c4c(F)cc(F)cc34)c2)cc1. The molecule has 0 spiro atoms. The number of amides is 2. The van der Waals surface area contributed by atoms with Crippen molar-refractivity contribution in [2.75, 3.05) is 13.7 Å². The van der Waals surface area contributed by atoms with Gasteiger partial charge in [-0.25, -0.2) is 8.78 Å². The minimum absolute atomic E-state index is 0.169. The number of benzene rings is 3. The highest BCUT2D eigenvalue weighted by Gasteiger charge is 2.19. The van der Waals surface area contributed by atoms with Crippen LogP contribution >= 0.6 is 15.9 Å². The third-order valence-electron chi connectivity index (χ3n) is 5.73. The van der Waals surface area contributed by atoms with E-state index in [2.05, 4.69) is 31.5 Å². The number of hydrogen-bond donors (Lipinski definition) is 4. The standard InChI is InChI=1S/C26H22BrF2N3O3/c1-30-25(34)15-4-2-14(3-5-15)16-6-7-22(27)21(9-16)26(35)32-19(13-33)8-17-12-31-24-20(17)10-18(28)11-23(24)29/h2-7,9-12,19,31,33H,8,13H2,1H3,(H,30,34)(H,32,35). The van der Waals surface area contributed by atoms with Crippen molar-refractivity contribution >= 4 is 38.6 Å². The van der Waals surface area contributed by atoms with E-state index in [1.807, 2.05) is 6.07 Å². The molecule has 1 atom stereocenters. The predicted octanol–water partition coefficient (Wildman–Crippen LogP) is 4.57. The number of carbonyl (C=O) groups excluding carboxylic acids is 2. The second-order valence-electron chi connectivity index (χ2n) is 8.03. The Hall–Kier alpha value is -3.56. The molecule has 1 heterocycles. The summed E-state index contributed by atoms with van der Waals surface area (Å²) in [5, 5.41) is 15.6. The molecule has 6 nitrogen and oxygen atoms in total. The molecule has 9 heteroatoms. The van der Waals surface area contributed by atoms with Crippen LogP contribution in [0.25, 0.3) is 22.0 Å². The summed E-state index contributed by atoms with van der Waals surface area (Å²) < 4.78 is 28.3. The van der Waals surface area contributed by atoms with Gasteiger partial charge in [0.05, 0.1) is 23.7 Å². The molecule has 0 fully saturated rings. The fraction of sp³-hybridized carbons (Fsp3) is 0.154. The molecule has 0 aliphatic heterocycles. The number of nitrogens with one attached hydrogen (secondary N) is 3. The summed E-state index contributed by atoms with van der Waals surface area (Å²) in [5.41, 5.74) is 3.20. The first-order chi connectivity index (χ1) is 16.8. The molecule has 180 valence electrons. The monoisotopic (exact) mass is 541 g/mol. The molecule has 0 bridgehead atoms. The highest BCUT2D eigenvalue weighted by Crippen LogP contribution is 2.27. The van der Waals surface area contributed by atoms with Gasteiger partial charge in [0.2, 0.25) is 0 Å². The van der Waals surface area contributed by atoms with Gasteiger partial charge in [0.1, 0.15) is 11.6 Å². The number of aromatic nitrogens is 1. The largest absolute Gasteiger partial charge is 0.394 e. The number of H-pyrrole nitrogens is 1. The van der Waals surface area contributed by atoms with Crippen molar-refractivity contribution in [2.24, 2.45) is 0 Å². The average Bonchev–Trinajstić information content (AvgIpc) is 3.26. The van der Waals surface area contributed by atoms with Crippen LogP contribution in [0, 0.1) is 11.6 Å². The molecule has 0 radical (unpaired) electrons. The van der Waals surface area contributed by atoms with Crippen molar-refractivity contribution in [2.45, 2.75) is 12.5 Å². The van der Waals surface area contributed by atoms with Crippen LogP contribution in [0.3, 0.4) is 0 Å². The minimum Gasteiger partial charge on any atom is -0.394 e. The Labute approximate surface area is 208 Å². The first-order valence-electron chi connectivity index (χ1n) is 10.8. The van der Waals surface area contributed by atoms with Gasteiger partial charge in [0.25, 0.3) is 11.8 Å². The molecule has 4 N–H and O–H groups in total. The van der Waals surface area contributed by atoms with Crippen LogP contribution in [-0.2, 0) is 6.42 Å². The molecule has 0 aliphatic rings. The van der Waals surface area contributed by atoms with Crippen LogP contribution < -0.4 is 10.6 Å². The molecular weight excluding hydrogens is 520 g/mol. The number of halogens is 3. The van der Waals surface area contributed by atoms with E-state index in [9.17, 15) is 23.5 Å². The zero-order chi connectivity index (χ0) is 25.1. The third-order valence-corrected chi connectivity index (χ3v) is 6.42. The summed E-state index contributed by atoms with van der Waals surface area (Å²) in [5.74, 6) is -2.02. The van der Waals surface area contributed by atoms with E-state index in [0.717, 1.165) is 17.2 Å². The molecule has 4 rings (SSSR count). The van der Waals surface area contributed by atoms with Crippen LogP contribution in [0.4, 0.5) is 8.78 Å². The van der Waals surface area contributed by atoms with Crippen molar-refractivity contribution in [1.82, 2.24) is 15.6 Å². The maximum absolute atomic E-state index is 14.0. The van der Waals surface area contributed by atoms with Crippen molar-refractivity contribution in [3.05, 3.63) is 93.6 Å². The van der Waals surface area contributed by atoms with Crippen LogP contribution in [-0.4, -0.2) is 41.6 Å². The minimum atomic E-state index is -0.708. The fourth-order valence-corrected chi connectivity index (χ4v) is 4.33. The fourth-order valence-electron chi connectivity index (χ4n) is 3.91.